The van der Waals surface area contributed by atoms with Crippen LogP contribution in [0.3, 0.4) is 0 Å². The highest BCUT2D eigenvalue weighted by molar-refractivity contribution is 6.36. The van der Waals surface area contributed by atoms with Crippen LogP contribution in [0.1, 0.15) is 50.0 Å². The van der Waals surface area contributed by atoms with Crippen molar-refractivity contribution in [2.45, 2.75) is 44.4 Å². The fraction of sp³-hybridized carbons (Fsp3) is 0.600. The van der Waals surface area contributed by atoms with Gasteiger partial charge in [-0.05, 0) is 36.5 Å². The summed E-state index contributed by atoms with van der Waals surface area (Å²) >= 11 is 12.4. The van der Waals surface area contributed by atoms with Crippen molar-refractivity contribution in [1.82, 2.24) is 0 Å². The standard InChI is InChI=1S/C15H19Cl2N/c16-11-7-12-13(9-18-15(12)14(17)8-11)10-5-3-1-2-4-6-10/h7-8,10,13,18H,1-6,9H2. The van der Waals surface area contributed by atoms with Crippen molar-refractivity contribution in [1.29, 1.82) is 0 Å². The third kappa shape index (κ3) is 2.35. The van der Waals surface area contributed by atoms with E-state index in [4.69, 9.17) is 23.2 Å². The van der Waals surface area contributed by atoms with Crippen molar-refractivity contribution in [3.63, 3.8) is 0 Å². The molecule has 1 atom stereocenters. The zero-order valence-electron chi connectivity index (χ0n) is 10.5. The topological polar surface area (TPSA) is 12.0 Å². The van der Waals surface area contributed by atoms with Crippen LogP contribution >= 0.6 is 23.2 Å². The second-order valence-corrected chi connectivity index (χ2v) is 6.43. The van der Waals surface area contributed by atoms with Crippen LogP contribution < -0.4 is 5.32 Å². The first-order valence-corrected chi connectivity index (χ1v) is 7.74. The van der Waals surface area contributed by atoms with Gasteiger partial charge in [0, 0.05) is 17.5 Å². The highest BCUT2D eigenvalue weighted by atomic mass is 35.5. The first kappa shape index (κ1) is 12.6. The molecule has 1 aliphatic carbocycles. The van der Waals surface area contributed by atoms with Gasteiger partial charge in [-0.1, -0.05) is 48.9 Å². The Morgan fingerprint density at radius 2 is 1.72 bits per heavy atom. The Hall–Kier alpha value is -0.400. The molecule has 1 heterocycles. The average Bonchev–Trinajstić information content (AvgIpc) is 2.59. The van der Waals surface area contributed by atoms with Crippen molar-refractivity contribution in [2.75, 3.05) is 11.9 Å². The van der Waals surface area contributed by atoms with Crippen LogP contribution in [-0.2, 0) is 0 Å². The molecular weight excluding hydrogens is 265 g/mol. The predicted molar refractivity (Wildman–Crippen MR) is 78.9 cm³/mol. The van der Waals surface area contributed by atoms with Gasteiger partial charge in [0.25, 0.3) is 0 Å². The fourth-order valence-corrected chi connectivity index (χ4v) is 4.10. The van der Waals surface area contributed by atoms with Gasteiger partial charge < -0.3 is 5.32 Å². The second kappa shape index (κ2) is 5.30. The van der Waals surface area contributed by atoms with E-state index in [9.17, 15) is 0 Å². The van der Waals surface area contributed by atoms with Crippen LogP contribution in [0.5, 0.6) is 0 Å². The molecule has 18 heavy (non-hydrogen) atoms. The summed E-state index contributed by atoms with van der Waals surface area (Å²) in [7, 11) is 0. The van der Waals surface area contributed by atoms with Crippen molar-refractivity contribution < 1.29 is 0 Å². The molecule has 0 spiro atoms. The molecular formula is C15H19Cl2N. The first-order chi connectivity index (χ1) is 8.75. The van der Waals surface area contributed by atoms with Gasteiger partial charge in [0.1, 0.15) is 0 Å². The number of benzene rings is 1. The molecule has 1 aliphatic heterocycles. The van der Waals surface area contributed by atoms with Gasteiger partial charge in [0.15, 0.2) is 0 Å². The zero-order valence-corrected chi connectivity index (χ0v) is 12.0. The number of halogens is 2. The minimum absolute atomic E-state index is 0.606. The monoisotopic (exact) mass is 283 g/mol. The van der Waals surface area contributed by atoms with E-state index < -0.39 is 0 Å². The molecule has 0 saturated heterocycles. The van der Waals surface area contributed by atoms with E-state index in [0.29, 0.717) is 5.92 Å². The van der Waals surface area contributed by atoms with Gasteiger partial charge in [-0.3, -0.25) is 0 Å². The number of nitrogens with one attached hydrogen (secondary N) is 1. The lowest BCUT2D eigenvalue weighted by atomic mass is 9.83. The van der Waals surface area contributed by atoms with E-state index in [1.165, 1.54) is 44.1 Å². The molecule has 1 aromatic carbocycles. The molecule has 1 N–H and O–H groups in total. The Morgan fingerprint density at radius 1 is 1.00 bits per heavy atom. The largest absolute Gasteiger partial charge is 0.383 e. The molecule has 1 unspecified atom stereocenters. The Balaban J connectivity index is 1.89. The summed E-state index contributed by atoms with van der Waals surface area (Å²) in [5.41, 5.74) is 2.47. The minimum atomic E-state index is 0.606. The van der Waals surface area contributed by atoms with Crippen LogP contribution in [-0.4, -0.2) is 6.54 Å². The average molecular weight is 284 g/mol. The van der Waals surface area contributed by atoms with Crippen LogP contribution in [0, 0.1) is 5.92 Å². The van der Waals surface area contributed by atoms with Crippen molar-refractivity contribution in [2.24, 2.45) is 5.92 Å². The number of rotatable bonds is 1. The molecule has 3 heteroatoms. The van der Waals surface area contributed by atoms with Gasteiger partial charge in [-0.2, -0.15) is 0 Å². The van der Waals surface area contributed by atoms with Crippen LogP contribution in [0.4, 0.5) is 5.69 Å². The molecule has 3 rings (SSSR count). The van der Waals surface area contributed by atoms with Gasteiger partial charge in [0.2, 0.25) is 0 Å². The van der Waals surface area contributed by atoms with Gasteiger partial charge >= 0.3 is 0 Å². The van der Waals surface area contributed by atoms with E-state index in [-0.39, 0.29) is 0 Å². The van der Waals surface area contributed by atoms with Crippen molar-refractivity contribution >= 4 is 28.9 Å². The van der Waals surface area contributed by atoms with Crippen LogP contribution in [0.15, 0.2) is 12.1 Å². The predicted octanol–water partition coefficient (Wildman–Crippen LogP) is 5.47. The number of hydrogen-bond acceptors (Lipinski definition) is 1. The zero-order chi connectivity index (χ0) is 12.5. The molecule has 98 valence electrons. The summed E-state index contributed by atoms with van der Waals surface area (Å²) < 4.78 is 0. The molecule has 1 aromatic rings. The number of fused-ring (bicyclic) bond motifs is 1. The van der Waals surface area contributed by atoms with Crippen molar-refractivity contribution in [3.05, 3.63) is 27.7 Å². The molecule has 0 bridgehead atoms. The van der Waals surface area contributed by atoms with E-state index >= 15 is 0 Å². The summed E-state index contributed by atoms with van der Waals surface area (Å²) in [5.74, 6) is 1.41. The Labute approximate surface area is 119 Å². The third-order valence-corrected chi connectivity index (χ3v) is 4.97. The summed E-state index contributed by atoms with van der Waals surface area (Å²) in [5, 5.41) is 5.01. The summed E-state index contributed by atoms with van der Waals surface area (Å²) in [4.78, 5) is 0. The van der Waals surface area contributed by atoms with Crippen LogP contribution in [0.25, 0.3) is 0 Å². The number of anilines is 1. The Kier molecular flexibility index (Phi) is 3.72. The van der Waals surface area contributed by atoms with E-state index in [0.717, 1.165) is 28.2 Å². The smallest absolute Gasteiger partial charge is 0.0655 e. The lowest BCUT2D eigenvalue weighted by molar-refractivity contribution is 0.394. The maximum Gasteiger partial charge on any atom is 0.0655 e. The number of hydrogen-bond donors (Lipinski definition) is 1. The van der Waals surface area contributed by atoms with Gasteiger partial charge in [0.05, 0.1) is 10.7 Å². The SMILES string of the molecule is Clc1cc(Cl)c2c(c1)C(C1CCCCCC1)CN2. The van der Waals surface area contributed by atoms with Gasteiger partial charge in [-0.25, -0.2) is 0 Å². The Morgan fingerprint density at radius 3 is 2.44 bits per heavy atom. The maximum absolute atomic E-state index is 6.26. The summed E-state index contributed by atoms with van der Waals surface area (Å²) in [6.07, 6.45) is 8.28. The quantitative estimate of drug-likeness (QED) is 0.674. The lowest BCUT2D eigenvalue weighted by Crippen LogP contribution is -2.14. The molecule has 1 saturated carbocycles. The minimum Gasteiger partial charge on any atom is -0.383 e. The third-order valence-electron chi connectivity index (χ3n) is 4.45. The fourth-order valence-electron chi connectivity index (χ4n) is 3.53. The molecule has 1 fully saturated rings. The molecule has 1 nitrogen and oxygen atoms in total. The van der Waals surface area contributed by atoms with E-state index in [1.54, 1.807) is 0 Å². The summed E-state index contributed by atoms with van der Waals surface area (Å²) in [6.45, 7) is 1.03. The highest BCUT2D eigenvalue weighted by Gasteiger charge is 2.31. The molecule has 0 radical (unpaired) electrons. The van der Waals surface area contributed by atoms with Crippen molar-refractivity contribution in [3.8, 4) is 0 Å². The second-order valence-electron chi connectivity index (χ2n) is 5.59. The maximum atomic E-state index is 6.26. The molecule has 2 aliphatic rings. The summed E-state index contributed by atoms with van der Waals surface area (Å²) in [6, 6.07) is 3.95. The van der Waals surface area contributed by atoms with Gasteiger partial charge in [-0.15, -0.1) is 0 Å². The van der Waals surface area contributed by atoms with E-state index in [1.807, 2.05) is 6.07 Å². The lowest BCUT2D eigenvalue weighted by Gasteiger charge is -2.22. The van der Waals surface area contributed by atoms with E-state index in [2.05, 4.69) is 11.4 Å². The normalized spacial score (nSPS) is 24.4. The Bertz CT molecular complexity index is 436. The first-order valence-electron chi connectivity index (χ1n) is 6.98. The molecule has 0 amide bonds. The molecule has 0 aromatic heterocycles. The van der Waals surface area contributed by atoms with Crippen LogP contribution in [0.2, 0.25) is 10.0 Å². The highest BCUT2D eigenvalue weighted by Crippen LogP contribution is 2.45.